The number of nitrogens with two attached hydrogens (primary N) is 1. The molecule has 0 fully saturated rings. The van der Waals surface area contributed by atoms with Gasteiger partial charge in [-0.2, -0.15) is 0 Å². The van der Waals surface area contributed by atoms with E-state index in [0.717, 1.165) is 10.2 Å². The molecule has 0 saturated heterocycles. The summed E-state index contributed by atoms with van der Waals surface area (Å²) in [5.74, 6) is 0.778. The van der Waals surface area contributed by atoms with Crippen molar-refractivity contribution >= 4 is 21.6 Å². The second-order valence-corrected chi connectivity index (χ2v) is 4.85. The highest BCUT2D eigenvalue weighted by atomic mass is 79.9. The average molecular weight is 292 g/mol. The lowest BCUT2D eigenvalue weighted by molar-refractivity contribution is 0.305. The van der Waals surface area contributed by atoms with E-state index in [1.807, 2.05) is 30.3 Å². The summed E-state index contributed by atoms with van der Waals surface area (Å²) in [6.07, 6.45) is 0. The van der Waals surface area contributed by atoms with Crippen LogP contribution in [-0.2, 0) is 6.61 Å². The van der Waals surface area contributed by atoms with Crippen molar-refractivity contribution in [2.24, 2.45) is 0 Å². The fourth-order valence-corrected chi connectivity index (χ4v) is 2.09. The molecule has 0 aliphatic carbocycles. The van der Waals surface area contributed by atoms with Gasteiger partial charge in [-0.1, -0.05) is 40.2 Å². The zero-order valence-electron chi connectivity index (χ0n) is 9.61. The van der Waals surface area contributed by atoms with Gasteiger partial charge in [0.05, 0.1) is 0 Å². The summed E-state index contributed by atoms with van der Waals surface area (Å²) in [6, 6.07) is 13.8. The van der Waals surface area contributed by atoms with Gasteiger partial charge in [0.25, 0.3) is 0 Å². The Labute approximate surface area is 110 Å². The lowest BCUT2D eigenvalue weighted by atomic mass is 10.1. The minimum absolute atomic E-state index is 0.558. The third kappa shape index (κ3) is 3.24. The van der Waals surface area contributed by atoms with E-state index in [2.05, 4.69) is 35.0 Å². The van der Waals surface area contributed by atoms with Crippen LogP contribution in [0.15, 0.2) is 46.9 Å². The van der Waals surface area contributed by atoms with Crippen molar-refractivity contribution in [1.82, 2.24) is 0 Å². The molecule has 2 aromatic carbocycles. The molecule has 0 unspecified atom stereocenters. The van der Waals surface area contributed by atoms with Crippen LogP contribution in [0.1, 0.15) is 11.1 Å². The van der Waals surface area contributed by atoms with Crippen LogP contribution in [0.25, 0.3) is 0 Å². The van der Waals surface area contributed by atoms with E-state index < -0.39 is 0 Å². The third-order valence-corrected chi connectivity index (χ3v) is 3.01. The van der Waals surface area contributed by atoms with Gasteiger partial charge in [0.15, 0.2) is 0 Å². The maximum absolute atomic E-state index is 5.75. The minimum atomic E-state index is 0.558. The maximum atomic E-state index is 5.75. The molecule has 17 heavy (non-hydrogen) atoms. The van der Waals surface area contributed by atoms with Crippen LogP contribution in [0.5, 0.6) is 5.75 Å². The number of aryl methyl sites for hydroxylation is 1. The summed E-state index contributed by atoms with van der Waals surface area (Å²) in [6.45, 7) is 2.64. The van der Waals surface area contributed by atoms with Crippen molar-refractivity contribution < 1.29 is 4.74 Å². The largest absolute Gasteiger partial charge is 0.489 e. The predicted molar refractivity (Wildman–Crippen MR) is 74.1 cm³/mol. The van der Waals surface area contributed by atoms with Crippen LogP contribution < -0.4 is 10.5 Å². The van der Waals surface area contributed by atoms with E-state index in [-0.39, 0.29) is 0 Å². The Balaban J connectivity index is 2.10. The van der Waals surface area contributed by atoms with Crippen molar-refractivity contribution in [1.29, 1.82) is 0 Å². The molecule has 2 aromatic rings. The lowest BCUT2D eigenvalue weighted by Gasteiger charge is -2.09. The van der Waals surface area contributed by atoms with Gasteiger partial charge in [-0.15, -0.1) is 0 Å². The molecule has 0 aliphatic heterocycles. The lowest BCUT2D eigenvalue weighted by Crippen LogP contribution is -1.98. The van der Waals surface area contributed by atoms with Gasteiger partial charge in [-0.05, 0) is 30.2 Å². The zero-order chi connectivity index (χ0) is 12.3. The molecule has 0 aromatic heterocycles. The monoisotopic (exact) mass is 291 g/mol. The van der Waals surface area contributed by atoms with Gasteiger partial charge in [0.1, 0.15) is 12.4 Å². The molecule has 0 spiro atoms. The Bertz CT molecular complexity index is 505. The topological polar surface area (TPSA) is 35.2 Å². The highest BCUT2D eigenvalue weighted by Crippen LogP contribution is 2.23. The number of hydrogen-bond donors (Lipinski definition) is 1. The van der Waals surface area contributed by atoms with Crippen LogP contribution in [0.4, 0.5) is 5.69 Å². The SMILES string of the molecule is Cc1ccccc1COc1cc(N)cc(Br)c1. The van der Waals surface area contributed by atoms with Crippen molar-refractivity contribution in [3.63, 3.8) is 0 Å². The van der Waals surface area contributed by atoms with Crippen molar-refractivity contribution in [3.8, 4) is 5.75 Å². The second-order valence-electron chi connectivity index (χ2n) is 3.94. The number of anilines is 1. The van der Waals surface area contributed by atoms with Gasteiger partial charge in [-0.3, -0.25) is 0 Å². The molecular formula is C14H14BrNO. The van der Waals surface area contributed by atoms with E-state index in [1.54, 1.807) is 0 Å². The molecule has 0 aliphatic rings. The highest BCUT2D eigenvalue weighted by molar-refractivity contribution is 9.10. The molecule has 2 nitrogen and oxygen atoms in total. The molecule has 3 heteroatoms. The summed E-state index contributed by atoms with van der Waals surface area (Å²) >= 11 is 3.39. The Kier molecular flexibility index (Phi) is 3.69. The average Bonchev–Trinajstić information content (AvgIpc) is 2.27. The molecule has 0 radical (unpaired) electrons. The zero-order valence-corrected chi connectivity index (χ0v) is 11.2. The third-order valence-electron chi connectivity index (χ3n) is 2.55. The number of ether oxygens (including phenoxy) is 1. The minimum Gasteiger partial charge on any atom is -0.489 e. The van der Waals surface area contributed by atoms with Crippen molar-refractivity contribution in [2.75, 3.05) is 5.73 Å². The van der Waals surface area contributed by atoms with Crippen LogP contribution in [0.2, 0.25) is 0 Å². The first-order valence-corrected chi connectivity index (χ1v) is 6.18. The normalized spacial score (nSPS) is 10.2. The smallest absolute Gasteiger partial charge is 0.122 e. The Morgan fingerprint density at radius 2 is 1.94 bits per heavy atom. The number of nitrogen functional groups attached to an aromatic ring is 1. The fraction of sp³-hybridized carbons (Fsp3) is 0.143. The molecule has 0 heterocycles. The number of halogens is 1. The van der Waals surface area contributed by atoms with Crippen molar-refractivity contribution in [2.45, 2.75) is 13.5 Å². The quantitative estimate of drug-likeness (QED) is 0.870. The van der Waals surface area contributed by atoms with Gasteiger partial charge in [0, 0.05) is 16.2 Å². The summed E-state index contributed by atoms with van der Waals surface area (Å²) in [4.78, 5) is 0. The molecule has 0 bridgehead atoms. The van der Waals surface area contributed by atoms with E-state index in [4.69, 9.17) is 10.5 Å². The maximum Gasteiger partial charge on any atom is 0.122 e. The molecule has 0 amide bonds. The molecular weight excluding hydrogens is 278 g/mol. The van der Waals surface area contributed by atoms with Gasteiger partial charge >= 0.3 is 0 Å². The van der Waals surface area contributed by atoms with E-state index in [0.29, 0.717) is 12.3 Å². The molecule has 0 saturated carbocycles. The van der Waals surface area contributed by atoms with Crippen LogP contribution >= 0.6 is 15.9 Å². The van der Waals surface area contributed by atoms with Crippen LogP contribution in [-0.4, -0.2) is 0 Å². The predicted octanol–water partition coefficient (Wildman–Crippen LogP) is 3.92. The van der Waals surface area contributed by atoms with Gasteiger partial charge in [-0.25, -0.2) is 0 Å². The van der Waals surface area contributed by atoms with E-state index in [9.17, 15) is 0 Å². The van der Waals surface area contributed by atoms with Gasteiger partial charge < -0.3 is 10.5 Å². The first-order chi connectivity index (χ1) is 8.15. The van der Waals surface area contributed by atoms with Gasteiger partial charge in [0.2, 0.25) is 0 Å². The van der Waals surface area contributed by atoms with E-state index in [1.165, 1.54) is 11.1 Å². The molecule has 88 valence electrons. The Morgan fingerprint density at radius 3 is 2.65 bits per heavy atom. The standard InChI is InChI=1S/C14H14BrNO/c1-10-4-2-3-5-11(10)9-17-14-7-12(15)6-13(16)8-14/h2-8H,9,16H2,1H3. The molecule has 2 rings (SSSR count). The van der Waals surface area contributed by atoms with Crippen LogP contribution in [0, 0.1) is 6.92 Å². The van der Waals surface area contributed by atoms with Crippen molar-refractivity contribution in [3.05, 3.63) is 58.1 Å². The first-order valence-electron chi connectivity index (χ1n) is 5.38. The summed E-state index contributed by atoms with van der Waals surface area (Å²) in [5, 5.41) is 0. The summed E-state index contributed by atoms with van der Waals surface area (Å²) < 4.78 is 6.65. The highest BCUT2D eigenvalue weighted by Gasteiger charge is 2.01. The summed E-state index contributed by atoms with van der Waals surface area (Å²) in [7, 11) is 0. The summed E-state index contributed by atoms with van der Waals surface area (Å²) in [5.41, 5.74) is 8.86. The Morgan fingerprint density at radius 1 is 1.18 bits per heavy atom. The number of rotatable bonds is 3. The van der Waals surface area contributed by atoms with E-state index >= 15 is 0 Å². The van der Waals surface area contributed by atoms with Crippen LogP contribution in [0.3, 0.4) is 0 Å². The number of benzene rings is 2. The molecule has 0 atom stereocenters. The second kappa shape index (κ2) is 5.23. The first kappa shape index (κ1) is 12.0. The molecule has 2 N–H and O–H groups in total. The Hall–Kier alpha value is -1.48. The fourth-order valence-electron chi connectivity index (χ4n) is 1.60. The number of hydrogen-bond acceptors (Lipinski definition) is 2.